The zero-order chi connectivity index (χ0) is 10.6. The smallest absolute Gasteiger partial charge is 0.0960 e. The molecule has 0 spiro atoms. The molecule has 0 aromatic carbocycles. The monoisotopic (exact) mass is 200 g/mol. The molecule has 14 heavy (non-hydrogen) atoms. The van der Waals surface area contributed by atoms with Crippen LogP contribution in [-0.4, -0.2) is 33.6 Å². The van der Waals surface area contributed by atoms with E-state index < -0.39 is 11.7 Å². The highest BCUT2D eigenvalue weighted by Gasteiger charge is 2.64. The van der Waals surface area contributed by atoms with Gasteiger partial charge in [0.2, 0.25) is 0 Å². The number of rotatable bonds is 2. The molecule has 3 saturated carbocycles. The third-order valence-corrected chi connectivity index (χ3v) is 4.67. The van der Waals surface area contributed by atoms with Crippen molar-refractivity contribution in [3.8, 4) is 0 Å². The molecule has 3 N–H and O–H groups in total. The molecule has 3 nitrogen and oxygen atoms in total. The molecule has 0 heterocycles. The molecule has 0 saturated heterocycles. The van der Waals surface area contributed by atoms with Crippen LogP contribution < -0.4 is 0 Å². The fraction of sp³-hybridized carbons (Fsp3) is 1.00. The number of aliphatic hydroxyl groups is 3. The predicted octanol–water partition coefficient (Wildman–Crippen LogP) is 0.527. The van der Waals surface area contributed by atoms with Gasteiger partial charge in [0, 0.05) is 13.0 Å². The van der Waals surface area contributed by atoms with Crippen molar-refractivity contribution in [1.29, 1.82) is 0 Å². The van der Waals surface area contributed by atoms with Gasteiger partial charge in [-0.2, -0.15) is 0 Å². The Morgan fingerprint density at radius 3 is 2.43 bits per heavy atom. The first-order valence-electron chi connectivity index (χ1n) is 5.44. The second-order valence-corrected chi connectivity index (χ2v) is 5.52. The van der Waals surface area contributed by atoms with Gasteiger partial charge in [-0.15, -0.1) is 0 Å². The van der Waals surface area contributed by atoms with Gasteiger partial charge >= 0.3 is 0 Å². The Labute approximate surface area is 84.8 Å². The predicted molar refractivity (Wildman–Crippen MR) is 52.7 cm³/mol. The SMILES string of the molecule is CC1(C)C2CC1[C@](O)(CCO)[C@@H](O)C2. The van der Waals surface area contributed by atoms with Crippen molar-refractivity contribution < 1.29 is 15.3 Å². The van der Waals surface area contributed by atoms with Crippen molar-refractivity contribution in [2.45, 2.75) is 44.8 Å². The maximum absolute atomic E-state index is 10.4. The van der Waals surface area contributed by atoms with Gasteiger partial charge in [-0.1, -0.05) is 13.8 Å². The van der Waals surface area contributed by atoms with Crippen LogP contribution >= 0.6 is 0 Å². The minimum absolute atomic E-state index is 0.0508. The van der Waals surface area contributed by atoms with E-state index in [-0.39, 0.29) is 17.9 Å². The van der Waals surface area contributed by atoms with Crippen molar-refractivity contribution in [1.82, 2.24) is 0 Å². The lowest BCUT2D eigenvalue weighted by molar-refractivity contribution is -0.257. The summed E-state index contributed by atoms with van der Waals surface area (Å²) in [5.41, 5.74) is -0.920. The van der Waals surface area contributed by atoms with E-state index >= 15 is 0 Å². The standard InChI is InChI=1S/C11H20O3/c1-10(2)7-5-8(10)11(14,3-4-12)9(13)6-7/h7-9,12-14H,3-6H2,1-2H3/t7?,8?,9-,11+/m0/s1. The normalized spacial score (nSPS) is 49.9. The number of hydrogen-bond acceptors (Lipinski definition) is 3. The number of hydrogen-bond donors (Lipinski definition) is 3. The van der Waals surface area contributed by atoms with Gasteiger partial charge in [-0.25, -0.2) is 0 Å². The van der Waals surface area contributed by atoms with E-state index in [0.717, 1.165) is 6.42 Å². The summed E-state index contributed by atoms with van der Waals surface area (Å²) in [6, 6.07) is 0. The zero-order valence-corrected chi connectivity index (χ0v) is 8.90. The highest BCUT2D eigenvalue weighted by atomic mass is 16.3. The van der Waals surface area contributed by atoms with E-state index in [0.29, 0.717) is 18.8 Å². The number of fused-ring (bicyclic) bond motifs is 2. The van der Waals surface area contributed by atoms with Crippen LogP contribution in [0.2, 0.25) is 0 Å². The minimum Gasteiger partial charge on any atom is -0.396 e. The van der Waals surface area contributed by atoms with E-state index in [2.05, 4.69) is 13.8 Å². The highest BCUT2D eigenvalue weighted by molar-refractivity contribution is 5.13. The second-order valence-electron chi connectivity index (χ2n) is 5.52. The lowest BCUT2D eigenvalue weighted by atomic mass is 9.43. The van der Waals surface area contributed by atoms with Crippen LogP contribution in [0, 0.1) is 17.3 Å². The van der Waals surface area contributed by atoms with Crippen molar-refractivity contribution in [3.63, 3.8) is 0 Å². The maximum Gasteiger partial charge on any atom is 0.0960 e. The fourth-order valence-corrected chi connectivity index (χ4v) is 3.49. The zero-order valence-electron chi connectivity index (χ0n) is 8.90. The highest BCUT2D eigenvalue weighted by Crippen LogP contribution is 2.63. The van der Waals surface area contributed by atoms with Crippen LogP contribution in [0.25, 0.3) is 0 Å². The first-order valence-corrected chi connectivity index (χ1v) is 5.44. The average molecular weight is 200 g/mol. The molecule has 0 amide bonds. The molecule has 0 aromatic heterocycles. The average Bonchev–Trinajstić information content (AvgIpc) is 2.09. The molecule has 0 aliphatic heterocycles. The molecule has 3 fully saturated rings. The summed E-state index contributed by atoms with van der Waals surface area (Å²) in [6.07, 6.45) is 1.33. The minimum atomic E-state index is -1.05. The molecule has 2 unspecified atom stereocenters. The van der Waals surface area contributed by atoms with Crippen LogP contribution in [0.5, 0.6) is 0 Å². The molecule has 0 aromatic rings. The summed E-state index contributed by atoms with van der Waals surface area (Å²) in [5.74, 6) is 0.692. The molecule has 0 radical (unpaired) electrons. The summed E-state index contributed by atoms with van der Waals surface area (Å²) in [5, 5.41) is 29.1. The Morgan fingerprint density at radius 2 is 1.93 bits per heavy atom. The molecular weight excluding hydrogens is 180 g/mol. The Kier molecular flexibility index (Phi) is 2.18. The van der Waals surface area contributed by atoms with Gasteiger partial charge in [0.1, 0.15) is 0 Å². The Balaban J connectivity index is 2.22. The van der Waals surface area contributed by atoms with Gasteiger partial charge in [-0.3, -0.25) is 0 Å². The number of aliphatic hydroxyl groups excluding tert-OH is 2. The molecule has 3 heteroatoms. The third kappa shape index (κ3) is 1.09. The van der Waals surface area contributed by atoms with Crippen LogP contribution in [0.15, 0.2) is 0 Å². The van der Waals surface area contributed by atoms with Gasteiger partial charge < -0.3 is 15.3 Å². The van der Waals surface area contributed by atoms with Gasteiger partial charge in [-0.05, 0) is 30.1 Å². The Hall–Kier alpha value is -0.120. The molecule has 3 aliphatic rings. The third-order valence-electron chi connectivity index (χ3n) is 4.67. The largest absolute Gasteiger partial charge is 0.396 e. The van der Waals surface area contributed by atoms with Gasteiger partial charge in [0.15, 0.2) is 0 Å². The second kappa shape index (κ2) is 2.94. The van der Waals surface area contributed by atoms with Crippen molar-refractivity contribution in [2.24, 2.45) is 17.3 Å². The molecule has 82 valence electrons. The Morgan fingerprint density at radius 1 is 1.29 bits per heavy atom. The van der Waals surface area contributed by atoms with E-state index in [9.17, 15) is 10.2 Å². The lowest BCUT2D eigenvalue weighted by Crippen LogP contribution is -2.67. The van der Waals surface area contributed by atoms with E-state index in [1.165, 1.54) is 0 Å². The van der Waals surface area contributed by atoms with Crippen molar-refractivity contribution in [3.05, 3.63) is 0 Å². The summed E-state index contributed by atoms with van der Waals surface area (Å²) in [6.45, 7) is 4.25. The maximum atomic E-state index is 10.4. The summed E-state index contributed by atoms with van der Waals surface area (Å²) < 4.78 is 0. The topological polar surface area (TPSA) is 60.7 Å². The van der Waals surface area contributed by atoms with E-state index in [1.54, 1.807) is 0 Å². The van der Waals surface area contributed by atoms with Crippen LogP contribution in [-0.2, 0) is 0 Å². The molecular formula is C11H20O3. The Bertz CT molecular complexity index is 239. The first kappa shape index (κ1) is 10.4. The van der Waals surface area contributed by atoms with Crippen LogP contribution in [0.4, 0.5) is 0 Å². The first-order chi connectivity index (χ1) is 6.43. The molecule has 4 atom stereocenters. The van der Waals surface area contributed by atoms with E-state index in [1.807, 2.05) is 0 Å². The fourth-order valence-electron chi connectivity index (χ4n) is 3.49. The molecule has 3 aliphatic carbocycles. The summed E-state index contributed by atoms with van der Waals surface area (Å²) in [4.78, 5) is 0. The molecule has 2 bridgehead atoms. The van der Waals surface area contributed by atoms with E-state index in [4.69, 9.17) is 5.11 Å². The van der Waals surface area contributed by atoms with Crippen LogP contribution in [0.3, 0.4) is 0 Å². The van der Waals surface area contributed by atoms with Gasteiger partial charge in [0.25, 0.3) is 0 Å². The lowest BCUT2D eigenvalue weighted by Gasteiger charge is -2.65. The summed E-state index contributed by atoms with van der Waals surface area (Å²) >= 11 is 0. The van der Waals surface area contributed by atoms with Crippen molar-refractivity contribution in [2.75, 3.05) is 6.61 Å². The van der Waals surface area contributed by atoms with Crippen molar-refractivity contribution >= 4 is 0 Å². The summed E-state index contributed by atoms with van der Waals surface area (Å²) in [7, 11) is 0. The quantitative estimate of drug-likeness (QED) is 0.609. The van der Waals surface area contributed by atoms with Crippen LogP contribution in [0.1, 0.15) is 33.1 Å². The van der Waals surface area contributed by atoms with Gasteiger partial charge in [0.05, 0.1) is 11.7 Å². The molecule has 3 rings (SSSR count).